The first-order valence-electron chi connectivity index (χ1n) is 12.2. The van der Waals surface area contributed by atoms with Crippen molar-refractivity contribution < 1.29 is 14.3 Å². The molecule has 2 aromatic heterocycles. The Morgan fingerprint density at radius 2 is 2.05 bits per heavy atom. The van der Waals surface area contributed by atoms with E-state index >= 15 is 0 Å². The number of fused-ring (bicyclic) bond motifs is 1. The molecule has 0 fully saturated rings. The Hall–Kier alpha value is -3.92. The minimum absolute atomic E-state index is 0.130. The van der Waals surface area contributed by atoms with Gasteiger partial charge in [0.1, 0.15) is 11.8 Å². The minimum Gasteiger partial charge on any atom is -0.483 e. The van der Waals surface area contributed by atoms with E-state index < -0.39 is 6.04 Å². The zero-order valence-electron chi connectivity index (χ0n) is 20.5. The molecule has 1 aliphatic rings. The Morgan fingerprint density at radius 3 is 2.84 bits per heavy atom. The van der Waals surface area contributed by atoms with Crippen molar-refractivity contribution in [1.29, 1.82) is 0 Å². The van der Waals surface area contributed by atoms with Gasteiger partial charge in [0, 0.05) is 60.4 Å². The number of hydrogen-bond acceptors (Lipinski definition) is 7. The van der Waals surface area contributed by atoms with Crippen LogP contribution in [0.2, 0.25) is 5.02 Å². The largest absolute Gasteiger partial charge is 0.483 e. The lowest BCUT2D eigenvalue weighted by molar-refractivity contribution is -0.124. The number of amides is 2. The predicted molar refractivity (Wildman–Crippen MR) is 140 cm³/mol. The number of nitrogens with one attached hydrogen (secondary N) is 3. The summed E-state index contributed by atoms with van der Waals surface area (Å²) < 4.78 is 7.14. The van der Waals surface area contributed by atoms with Crippen LogP contribution in [0.5, 0.6) is 5.75 Å². The maximum Gasteiger partial charge on any atom is 0.294 e. The van der Waals surface area contributed by atoms with Crippen LogP contribution in [-0.2, 0) is 29.0 Å². The van der Waals surface area contributed by atoms with Crippen molar-refractivity contribution in [2.24, 2.45) is 0 Å². The molecule has 1 atom stereocenters. The molecule has 194 valence electrons. The van der Waals surface area contributed by atoms with E-state index in [1.165, 1.54) is 4.57 Å². The standard InChI is InChI=1S/C26H29ClN6O4/c1-2-28-23(34)16-37-22-9-6-18(27)13-17(22)14-32-25(35)21-8-7-20-15-31-24(26(36)33(20)21)30-12-10-19-5-3-4-11-29-19/h3-6,9,11,13,15,21H,2,7-8,10,12,14,16H2,1H3,(H,28,34)(H,30,31)(H,32,35)/t21-/m0/s1. The molecule has 3 N–H and O–H groups in total. The summed E-state index contributed by atoms with van der Waals surface area (Å²) >= 11 is 6.15. The molecule has 1 aliphatic heterocycles. The number of anilines is 1. The number of carbonyl (C=O) groups is 2. The summed E-state index contributed by atoms with van der Waals surface area (Å²) in [6.07, 6.45) is 5.07. The van der Waals surface area contributed by atoms with E-state index in [0.29, 0.717) is 54.4 Å². The smallest absolute Gasteiger partial charge is 0.294 e. The number of pyridine rings is 1. The second-order valence-electron chi connectivity index (χ2n) is 8.54. The summed E-state index contributed by atoms with van der Waals surface area (Å²) in [6, 6.07) is 10.0. The van der Waals surface area contributed by atoms with E-state index in [1.807, 2.05) is 25.1 Å². The van der Waals surface area contributed by atoms with Crippen LogP contribution >= 0.6 is 11.6 Å². The van der Waals surface area contributed by atoms with Gasteiger partial charge in [-0.2, -0.15) is 0 Å². The van der Waals surface area contributed by atoms with Gasteiger partial charge in [0.25, 0.3) is 11.5 Å². The van der Waals surface area contributed by atoms with Crippen LogP contribution in [0.25, 0.3) is 0 Å². The van der Waals surface area contributed by atoms with Crippen molar-refractivity contribution in [3.63, 3.8) is 0 Å². The fourth-order valence-corrected chi connectivity index (χ4v) is 4.38. The maximum absolute atomic E-state index is 13.2. The van der Waals surface area contributed by atoms with Gasteiger partial charge in [-0.3, -0.25) is 23.9 Å². The van der Waals surface area contributed by atoms with E-state index in [1.54, 1.807) is 30.6 Å². The van der Waals surface area contributed by atoms with Gasteiger partial charge in [-0.05, 0) is 50.1 Å². The van der Waals surface area contributed by atoms with Crippen molar-refractivity contribution in [2.75, 3.05) is 25.0 Å². The van der Waals surface area contributed by atoms with Crippen molar-refractivity contribution in [1.82, 2.24) is 25.2 Å². The maximum atomic E-state index is 13.2. The number of halogens is 1. The van der Waals surface area contributed by atoms with Crippen LogP contribution in [0, 0.1) is 0 Å². The van der Waals surface area contributed by atoms with Gasteiger partial charge in [-0.15, -0.1) is 0 Å². The van der Waals surface area contributed by atoms with E-state index in [0.717, 1.165) is 5.69 Å². The van der Waals surface area contributed by atoms with E-state index in [4.69, 9.17) is 16.3 Å². The average Bonchev–Trinajstić information content (AvgIpc) is 3.34. The van der Waals surface area contributed by atoms with Gasteiger partial charge in [0.15, 0.2) is 12.4 Å². The molecule has 2 amide bonds. The molecule has 3 aromatic rings. The summed E-state index contributed by atoms with van der Waals surface area (Å²) in [6.45, 7) is 2.80. The molecule has 10 nitrogen and oxygen atoms in total. The van der Waals surface area contributed by atoms with Gasteiger partial charge in [-0.25, -0.2) is 4.98 Å². The number of nitrogens with zero attached hydrogens (tertiary/aromatic N) is 3. The highest BCUT2D eigenvalue weighted by atomic mass is 35.5. The van der Waals surface area contributed by atoms with Crippen LogP contribution in [-0.4, -0.2) is 46.0 Å². The number of aromatic nitrogens is 3. The van der Waals surface area contributed by atoms with E-state index in [9.17, 15) is 14.4 Å². The molecule has 0 aliphatic carbocycles. The lowest BCUT2D eigenvalue weighted by atomic mass is 10.1. The first kappa shape index (κ1) is 26.2. The number of ether oxygens (including phenoxy) is 1. The van der Waals surface area contributed by atoms with E-state index in [2.05, 4.69) is 25.9 Å². The molecular formula is C26H29ClN6O4. The second-order valence-corrected chi connectivity index (χ2v) is 8.97. The van der Waals surface area contributed by atoms with Crippen molar-refractivity contribution >= 4 is 29.2 Å². The highest BCUT2D eigenvalue weighted by Crippen LogP contribution is 2.26. The van der Waals surface area contributed by atoms with Gasteiger partial charge in [0.2, 0.25) is 5.91 Å². The molecular weight excluding hydrogens is 496 g/mol. The Kier molecular flexibility index (Phi) is 8.73. The SMILES string of the molecule is CCNC(=O)COc1ccc(Cl)cc1CNC(=O)[C@@H]1CCc2cnc(NCCc3ccccn3)c(=O)n21. The molecule has 11 heteroatoms. The highest BCUT2D eigenvalue weighted by Gasteiger charge is 2.30. The molecule has 0 unspecified atom stereocenters. The third-order valence-corrected chi connectivity index (χ3v) is 6.20. The summed E-state index contributed by atoms with van der Waals surface area (Å²) in [5, 5.41) is 9.11. The monoisotopic (exact) mass is 524 g/mol. The lowest BCUT2D eigenvalue weighted by Gasteiger charge is -2.17. The van der Waals surface area contributed by atoms with Crippen LogP contribution in [0.15, 0.2) is 53.6 Å². The quantitative estimate of drug-likeness (QED) is 0.351. The fraction of sp³-hybridized carbons (Fsp3) is 0.346. The van der Waals surface area contributed by atoms with Crippen LogP contribution in [0.3, 0.4) is 0 Å². The summed E-state index contributed by atoms with van der Waals surface area (Å²) in [7, 11) is 0. The average molecular weight is 525 g/mol. The van der Waals surface area contributed by atoms with E-state index in [-0.39, 0.29) is 36.3 Å². The molecule has 0 saturated carbocycles. The minimum atomic E-state index is -0.652. The number of rotatable bonds is 11. The highest BCUT2D eigenvalue weighted by molar-refractivity contribution is 6.30. The number of likely N-dealkylation sites (N-methyl/N-ethyl adjacent to an activating group) is 1. The van der Waals surface area contributed by atoms with Gasteiger partial charge in [-0.1, -0.05) is 17.7 Å². The molecule has 37 heavy (non-hydrogen) atoms. The lowest BCUT2D eigenvalue weighted by Crippen LogP contribution is -2.36. The number of aryl methyl sites for hydroxylation is 1. The normalized spacial score (nSPS) is 14.1. The van der Waals surface area contributed by atoms with Gasteiger partial charge in [0.05, 0.1) is 0 Å². The Balaban J connectivity index is 1.41. The molecule has 0 spiro atoms. The third kappa shape index (κ3) is 6.65. The topological polar surface area (TPSA) is 127 Å². The van der Waals surface area contributed by atoms with Crippen molar-refractivity contribution in [3.8, 4) is 5.75 Å². The Labute approximate surface area is 219 Å². The first-order valence-corrected chi connectivity index (χ1v) is 12.5. The fourth-order valence-electron chi connectivity index (χ4n) is 4.18. The van der Waals surface area contributed by atoms with Crippen LogP contribution < -0.4 is 26.2 Å². The number of benzene rings is 1. The summed E-state index contributed by atoms with van der Waals surface area (Å²) in [5.41, 5.74) is 1.92. The number of hydrogen-bond donors (Lipinski definition) is 3. The molecule has 3 heterocycles. The molecule has 0 bridgehead atoms. The third-order valence-electron chi connectivity index (χ3n) is 5.97. The van der Waals surface area contributed by atoms with Crippen molar-refractivity contribution in [3.05, 3.63) is 81.1 Å². The zero-order valence-corrected chi connectivity index (χ0v) is 21.3. The predicted octanol–water partition coefficient (Wildman–Crippen LogP) is 2.26. The summed E-state index contributed by atoms with van der Waals surface area (Å²) in [4.78, 5) is 46.6. The van der Waals surface area contributed by atoms with Crippen molar-refractivity contribution in [2.45, 2.75) is 38.8 Å². The van der Waals surface area contributed by atoms with Gasteiger partial charge < -0.3 is 20.7 Å². The molecule has 0 saturated heterocycles. The van der Waals surface area contributed by atoms with Gasteiger partial charge >= 0.3 is 0 Å². The summed E-state index contributed by atoms with van der Waals surface area (Å²) in [5.74, 6) is 0.118. The Bertz CT molecular complexity index is 1310. The molecule has 0 radical (unpaired) electrons. The van der Waals surface area contributed by atoms with Crippen LogP contribution in [0.1, 0.15) is 36.3 Å². The molecule has 4 rings (SSSR count). The Morgan fingerprint density at radius 1 is 1.19 bits per heavy atom. The second kappa shape index (κ2) is 12.4. The first-order chi connectivity index (χ1) is 18.0. The number of carbonyl (C=O) groups excluding carboxylic acids is 2. The van der Waals surface area contributed by atoms with Crippen LogP contribution in [0.4, 0.5) is 5.82 Å². The zero-order chi connectivity index (χ0) is 26.2. The molecule has 1 aromatic carbocycles.